The molecule has 0 heterocycles. The second-order valence-electron chi connectivity index (χ2n) is 5.21. The van der Waals surface area contributed by atoms with E-state index in [9.17, 15) is 9.90 Å². The second-order valence-corrected chi connectivity index (χ2v) is 5.21. The van der Waals surface area contributed by atoms with Crippen molar-refractivity contribution in [3.05, 3.63) is 35.9 Å². The number of benzene rings is 1. The number of hydrogen-bond donors (Lipinski definition) is 1. The number of aldehydes is 1. The normalized spacial score (nSPS) is 14.0. The summed E-state index contributed by atoms with van der Waals surface area (Å²) in [6.07, 6.45) is 8.28. The van der Waals surface area contributed by atoms with Gasteiger partial charge in [-0.2, -0.15) is 0 Å². The molecular formula is C17H26O2. The number of unbranched alkanes of at least 4 members (excludes halogenated alkanes) is 5. The van der Waals surface area contributed by atoms with E-state index in [1.54, 1.807) is 0 Å². The third kappa shape index (κ3) is 6.02. The number of carbonyl (C=O) groups excluding carboxylic acids is 1. The number of rotatable bonds is 10. The molecule has 2 nitrogen and oxygen atoms in total. The summed E-state index contributed by atoms with van der Waals surface area (Å²) in [6, 6.07) is 9.46. The highest BCUT2D eigenvalue weighted by molar-refractivity contribution is 5.55. The van der Waals surface area contributed by atoms with Crippen LogP contribution in [0, 0.1) is 5.92 Å². The van der Waals surface area contributed by atoms with Gasteiger partial charge in [-0.3, -0.25) is 0 Å². The molecule has 0 amide bonds. The van der Waals surface area contributed by atoms with Crippen LogP contribution in [-0.2, 0) is 4.79 Å². The first kappa shape index (κ1) is 15.9. The van der Waals surface area contributed by atoms with E-state index in [1.807, 2.05) is 30.3 Å². The summed E-state index contributed by atoms with van der Waals surface area (Å²) >= 11 is 0. The molecule has 0 radical (unpaired) electrons. The average Bonchev–Trinajstić information content (AvgIpc) is 2.47. The zero-order valence-electron chi connectivity index (χ0n) is 11.9. The first-order valence-electron chi connectivity index (χ1n) is 7.48. The molecule has 2 atom stereocenters. The predicted octanol–water partition coefficient (Wildman–Crippen LogP) is 4.29. The third-order valence-electron chi connectivity index (χ3n) is 3.61. The van der Waals surface area contributed by atoms with Gasteiger partial charge in [0.2, 0.25) is 0 Å². The Morgan fingerprint density at radius 1 is 1.05 bits per heavy atom. The first-order valence-corrected chi connectivity index (χ1v) is 7.48. The first-order chi connectivity index (χ1) is 9.29. The molecule has 0 aliphatic carbocycles. The predicted molar refractivity (Wildman–Crippen MR) is 78.9 cm³/mol. The van der Waals surface area contributed by atoms with Gasteiger partial charge in [-0.05, 0) is 12.0 Å². The fraction of sp³-hybridized carbons (Fsp3) is 0.588. The van der Waals surface area contributed by atoms with Crippen LogP contribution in [0.25, 0.3) is 0 Å². The van der Waals surface area contributed by atoms with Gasteiger partial charge in [-0.25, -0.2) is 0 Å². The van der Waals surface area contributed by atoms with Crippen LogP contribution in [-0.4, -0.2) is 11.4 Å². The monoisotopic (exact) mass is 262 g/mol. The smallest absolute Gasteiger partial charge is 0.126 e. The lowest BCUT2D eigenvalue weighted by molar-refractivity contribution is -0.114. The number of aliphatic hydroxyl groups excluding tert-OH is 1. The molecular weight excluding hydrogens is 236 g/mol. The molecule has 2 heteroatoms. The van der Waals surface area contributed by atoms with E-state index in [4.69, 9.17) is 0 Å². The standard InChI is InChI=1S/C17H26O2/c1-2-3-4-5-6-8-13-16(14-18)17(19)15-11-9-7-10-12-15/h7,9-12,14,16-17,19H,2-6,8,13H2,1H3. The maximum atomic E-state index is 11.1. The fourth-order valence-electron chi connectivity index (χ4n) is 2.36. The molecule has 1 rings (SSSR count). The molecule has 1 aromatic carbocycles. The lowest BCUT2D eigenvalue weighted by Gasteiger charge is -2.17. The Kier molecular flexibility index (Phi) is 8.15. The Hall–Kier alpha value is -1.15. The molecule has 0 aromatic heterocycles. The summed E-state index contributed by atoms with van der Waals surface area (Å²) in [5.74, 6) is -0.270. The van der Waals surface area contributed by atoms with E-state index in [1.165, 1.54) is 25.7 Å². The van der Waals surface area contributed by atoms with Crippen molar-refractivity contribution in [2.75, 3.05) is 0 Å². The van der Waals surface area contributed by atoms with Crippen molar-refractivity contribution in [2.24, 2.45) is 5.92 Å². The molecule has 1 N–H and O–H groups in total. The highest BCUT2D eigenvalue weighted by atomic mass is 16.3. The minimum absolute atomic E-state index is 0.270. The minimum atomic E-state index is -0.658. The van der Waals surface area contributed by atoms with Crippen LogP contribution in [0.4, 0.5) is 0 Å². The quantitative estimate of drug-likeness (QED) is 0.504. The summed E-state index contributed by atoms with van der Waals surface area (Å²) in [7, 11) is 0. The van der Waals surface area contributed by atoms with E-state index >= 15 is 0 Å². The maximum absolute atomic E-state index is 11.1. The average molecular weight is 262 g/mol. The Labute approximate surface area is 116 Å². The van der Waals surface area contributed by atoms with Gasteiger partial charge in [0.15, 0.2) is 0 Å². The number of carbonyl (C=O) groups is 1. The molecule has 1 aromatic rings. The van der Waals surface area contributed by atoms with Crippen LogP contribution in [0.3, 0.4) is 0 Å². The largest absolute Gasteiger partial charge is 0.388 e. The molecule has 0 fully saturated rings. The van der Waals surface area contributed by atoms with E-state index in [-0.39, 0.29) is 5.92 Å². The molecule has 0 spiro atoms. The summed E-state index contributed by atoms with van der Waals surface area (Å²) in [6.45, 7) is 2.21. The van der Waals surface area contributed by atoms with Crippen LogP contribution < -0.4 is 0 Å². The molecule has 2 unspecified atom stereocenters. The molecule has 0 saturated carbocycles. The molecule has 19 heavy (non-hydrogen) atoms. The highest BCUT2D eigenvalue weighted by Gasteiger charge is 2.19. The van der Waals surface area contributed by atoms with Crippen molar-refractivity contribution < 1.29 is 9.90 Å². The second kappa shape index (κ2) is 9.74. The Morgan fingerprint density at radius 3 is 2.32 bits per heavy atom. The van der Waals surface area contributed by atoms with Crippen molar-refractivity contribution in [2.45, 2.75) is 58.0 Å². The van der Waals surface area contributed by atoms with Crippen LogP contribution >= 0.6 is 0 Å². The van der Waals surface area contributed by atoms with E-state index < -0.39 is 6.10 Å². The molecule has 0 saturated heterocycles. The van der Waals surface area contributed by atoms with E-state index in [0.717, 1.165) is 31.1 Å². The molecule has 0 aliphatic rings. The Bertz CT molecular complexity index is 334. The van der Waals surface area contributed by atoms with Gasteiger partial charge >= 0.3 is 0 Å². The minimum Gasteiger partial charge on any atom is -0.388 e. The van der Waals surface area contributed by atoms with Crippen LogP contribution in [0.1, 0.15) is 63.5 Å². The highest BCUT2D eigenvalue weighted by Crippen LogP contribution is 2.25. The fourth-order valence-corrected chi connectivity index (χ4v) is 2.36. The van der Waals surface area contributed by atoms with Crippen molar-refractivity contribution >= 4 is 6.29 Å². The van der Waals surface area contributed by atoms with Gasteiger partial charge in [-0.15, -0.1) is 0 Å². The molecule has 0 aliphatic heterocycles. The van der Waals surface area contributed by atoms with Gasteiger partial charge in [0.25, 0.3) is 0 Å². The van der Waals surface area contributed by atoms with Gasteiger partial charge in [0, 0.05) is 5.92 Å². The van der Waals surface area contributed by atoms with Crippen molar-refractivity contribution in [1.82, 2.24) is 0 Å². The summed E-state index contributed by atoms with van der Waals surface area (Å²) < 4.78 is 0. The summed E-state index contributed by atoms with van der Waals surface area (Å²) in [5, 5.41) is 10.2. The van der Waals surface area contributed by atoms with Crippen molar-refractivity contribution in [3.8, 4) is 0 Å². The Balaban J connectivity index is 2.31. The third-order valence-corrected chi connectivity index (χ3v) is 3.61. The zero-order chi connectivity index (χ0) is 13.9. The summed E-state index contributed by atoms with van der Waals surface area (Å²) in [5.41, 5.74) is 0.839. The summed E-state index contributed by atoms with van der Waals surface area (Å²) in [4.78, 5) is 11.1. The topological polar surface area (TPSA) is 37.3 Å². The van der Waals surface area contributed by atoms with Crippen molar-refractivity contribution in [3.63, 3.8) is 0 Å². The Morgan fingerprint density at radius 2 is 1.68 bits per heavy atom. The molecule has 106 valence electrons. The van der Waals surface area contributed by atoms with Gasteiger partial charge in [0.05, 0.1) is 6.10 Å². The maximum Gasteiger partial charge on any atom is 0.126 e. The van der Waals surface area contributed by atoms with E-state index in [0.29, 0.717) is 0 Å². The van der Waals surface area contributed by atoms with Gasteiger partial charge in [-0.1, -0.05) is 75.8 Å². The van der Waals surface area contributed by atoms with Crippen LogP contribution in [0.5, 0.6) is 0 Å². The van der Waals surface area contributed by atoms with Crippen molar-refractivity contribution in [1.29, 1.82) is 0 Å². The van der Waals surface area contributed by atoms with Gasteiger partial charge < -0.3 is 9.90 Å². The molecule has 0 bridgehead atoms. The number of aliphatic hydroxyl groups is 1. The van der Waals surface area contributed by atoms with Crippen LogP contribution in [0.15, 0.2) is 30.3 Å². The lowest BCUT2D eigenvalue weighted by Crippen LogP contribution is -2.14. The van der Waals surface area contributed by atoms with Gasteiger partial charge in [0.1, 0.15) is 6.29 Å². The van der Waals surface area contributed by atoms with E-state index in [2.05, 4.69) is 6.92 Å². The zero-order valence-corrected chi connectivity index (χ0v) is 11.9. The van der Waals surface area contributed by atoms with Crippen LogP contribution in [0.2, 0.25) is 0 Å². The SMILES string of the molecule is CCCCCCCCC(C=O)C(O)c1ccccc1. The number of hydrogen-bond acceptors (Lipinski definition) is 2. The lowest BCUT2D eigenvalue weighted by atomic mass is 9.92.